The lowest BCUT2D eigenvalue weighted by atomic mass is 10.1. The van der Waals surface area contributed by atoms with E-state index in [9.17, 15) is 14.4 Å². The Labute approximate surface area is 211 Å². The highest BCUT2D eigenvalue weighted by atomic mass is 35.5. The molecule has 0 unspecified atom stereocenters. The second kappa shape index (κ2) is 10.00. The third kappa shape index (κ3) is 4.40. The third-order valence-corrected chi connectivity index (χ3v) is 6.60. The van der Waals surface area contributed by atoms with Crippen molar-refractivity contribution in [2.45, 2.75) is 19.5 Å². The minimum atomic E-state index is -0.706. The van der Waals surface area contributed by atoms with E-state index in [-0.39, 0.29) is 17.7 Å². The maximum Gasteiger partial charge on any atom is 0.333 e. The second-order valence-electron chi connectivity index (χ2n) is 8.64. The van der Waals surface area contributed by atoms with Crippen LogP contribution in [-0.4, -0.2) is 50.8 Å². The molecule has 2 aromatic carbocycles. The highest BCUT2D eigenvalue weighted by Crippen LogP contribution is 2.29. The summed E-state index contributed by atoms with van der Waals surface area (Å²) in [5, 5.41) is 3.73. The molecule has 186 valence electrons. The van der Waals surface area contributed by atoms with Gasteiger partial charge in [-0.05, 0) is 24.1 Å². The van der Waals surface area contributed by atoms with Gasteiger partial charge in [-0.3, -0.25) is 23.3 Å². The molecule has 0 atom stereocenters. The van der Waals surface area contributed by atoms with Gasteiger partial charge in [0.05, 0.1) is 10.7 Å². The third-order valence-electron chi connectivity index (χ3n) is 6.28. The largest absolute Gasteiger partial charge is 0.368 e. The molecule has 0 spiro atoms. The van der Waals surface area contributed by atoms with Crippen molar-refractivity contribution in [2.75, 3.05) is 31.1 Å². The minimum Gasteiger partial charge on any atom is -0.368 e. The van der Waals surface area contributed by atoms with Crippen LogP contribution in [0, 0.1) is 0 Å². The van der Waals surface area contributed by atoms with Gasteiger partial charge in [0, 0.05) is 32.7 Å². The van der Waals surface area contributed by atoms with Crippen molar-refractivity contribution < 1.29 is 4.79 Å². The average molecular weight is 508 g/mol. The molecule has 1 amide bonds. The summed E-state index contributed by atoms with van der Waals surface area (Å²) in [5.74, 6) is -0.224. The molecule has 4 aromatic rings. The Morgan fingerprint density at radius 1 is 1.00 bits per heavy atom. The number of nitrogens with zero attached hydrogens (tertiary/aromatic N) is 5. The molecular weight excluding hydrogens is 482 g/mol. The Hall–Kier alpha value is -3.89. The summed E-state index contributed by atoms with van der Waals surface area (Å²) in [6.45, 7) is 2.50. The summed E-state index contributed by atoms with van der Waals surface area (Å²) >= 11 is 6.58. The Bertz CT molecular complexity index is 1540. The minimum absolute atomic E-state index is 0.105. The lowest BCUT2D eigenvalue weighted by molar-refractivity contribution is -0.118. The van der Waals surface area contributed by atoms with E-state index in [1.807, 2.05) is 41.3 Å². The lowest BCUT2D eigenvalue weighted by Crippen LogP contribution is -2.44. The van der Waals surface area contributed by atoms with Crippen molar-refractivity contribution in [1.82, 2.24) is 24.0 Å². The predicted octanol–water partition coefficient (Wildman–Crippen LogP) is 1.14. The van der Waals surface area contributed by atoms with Gasteiger partial charge in [-0.15, -0.1) is 0 Å². The molecule has 2 aromatic heterocycles. The number of aryl methyl sites for hydroxylation is 1. The Morgan fingerprint density at radius 3 is 2.39 bits per heavy atom. The van der Waals surface area contributed by atoms with E-state index < -0.39 is 23.7 Å². The normalized spacial score (nSPS) is 13.9. The van der Waals surface area contributed by atoms with E-state index in [1.54, 1.807) is 22.8 Å². The van der Waals surface area contributed by atoms with Crippen LogP contribution in [-0.2, 0) is 24.3 Å². The van der Waals surface area contributed by atoms with Crippen molar-refractivity contribution in [3.8, 4) is 5.69 Å². The fraction of sp³-hybridized carbons (Fsp3) is 0.280. The van der Waals surface area contributed by atoms with Crippen LogP contribution in [0.5, 0.6) is 0 Å². The number of primary amides is 1. The number of hydrogen-bond donors (Lipinski definition) is 2. The van der Waals surface area contributed by atoms with Crippen LogP contribution in [0.2, 0.25) is 5.02 Å². The van der Waals surface area contributed by atoms with E-state index in [4.69, 9.17) is 22.3 Å². The fourth-order valence-corrected chi connectivity index (χ4v) is 4.77. The average Bonchev–Trinajstić information content (AvgIpc) is 3.28. The van der Waals surface area contributed by atoms with Crippen molar-refractivity contribution >= 4 is 34.6 Å². The molecule has 1 aliphatic rings. The molecule has 0 aliphatic carbocycles. The molecule has 0 saturated carbocycles. The fourth-order valence-electron chi connectivity index (χ4n) is 4.55. The molecule has 5 rings (SSSR count). The number of piperazine rings is 1. The number of nitrogens with two attached hydrogens (primary N) is 1. The van der Waals surface area contributed by atoms with E-state index in [0.717, 1.165) is 23.2 Å². The smallest absolute Gasteiger partial charge is 0.333 e. The number of para-hydroxylation sites is 1. The maximum absolute atomic E-state index is 13.9. The SMILES string of the molecule is NC(=O)Cn1c(=O)n(CCc2ccccc2)c(=O)c2c1nc(N1CCNCC1)n2-c1ccccc1Cl. The van der Waals surface area contributed by atoms with Gasteiger partial charge in [-0.1, -0.05) is 54.1 Å². The molecule has 11 heteroatoms. The number of aromatic nitrogens is 4. The zero-order valence-corrected chi connectivity index (χ0v) is 20.3. The molecule has 1 fully saturated rings. The van der Waals surface area contributed by atoms with Gasteiger partial charge in [0.25, 0.3) is 5.56 Å². The molecule has 1 saturated heterocycles. The number of imidazole rings is 1. The zero-order chi connectivity index (χ0) is 25.2. The predicted molar refractivity (Wildman–Crippen MR) is 139 cm³/mol. The highest BCUT2D eigenvalue weighted by Gasteiger charge is 2.27. The lowest BCUT2D eigenvalue weighted by Gasteiger charge is -2.28. The van der Waals surface area contributed by atoms with Crippen LogP contribution in [0.15, 0.2) is 64.2 Å². The van der Waals surface area contributed by atoms with Crippen LogP contribution in [0.1, 0.15) is 5.56 Å². The van der Waals surface area contributed by atoms with Gasteiger partial charge < -0.3 is 16.0 Å². The van der Waals surface area contributed by atoms with Crippen LogP contribution in [0.4, 0.5) is 5.95 Å². The number of anilines is 1. The number of rotatable bonds is 7. The molecule has 0 radical (unpaired) electrons. The van der Waals surface area contributed by atoms with E-state index in [0.29, 0.717) is 36.2 Å². The number of benzene rings is 2. The van der Waals surface area contributed by atoms with E-state index >= 15 is 0 Å². The zero-order valence-electron chi connectivity index (χ0n) is 19.6. The molecule has 3 heterocycles. The number of halogens is 1. The van der Waals surface area contributed by atoms with Gasteiger partial charge in [0.2, 0.25) is 11.9 Å². The Kier molecular flexibility index (Phi) is 6.62. The standard InChI is InChI=1S/C25H26ClN7O3/c26-18-8-4-5-9-19(18)33-21-22(29-24(33)30-14-11-28-12-15-30)32(16-20(27)34)25(36)31(23(21)35)13-10-17-6-2-1-3-7-17/h1-9,28H,10-16H2,(H2,27,34). The summed E-state index contributed by atoms with van der Waals surface area (Å²) < 4.78 is 4.03. The van der Waals surface area contributed by atoms with E-state index in [2.05, 4.69) is 5.32 Å². The van der Waals surface area contributed by atoms with Gasteiger partial charge in [0.15, 0.2) is 11.2 Å². The van der Waals surface area contributed by atoms with Gasteiger partial charge in [-0.25, -0.2) is 4.79 Å². The first kappa shape index (κ1) is 23.8. The summed E-state index contributed by atoms with van der Waals surface area (Å²) in [4.78, 5) is 46.1. The van der Waals surface area contributed by atoms with Gasteiger partial charge >= 0.3 is 5.69 Å². The highest BCUT2D eigenvalue weighted by molar-refractivity contribution is 6.32. The first-order valence-electron chi connectivity index (χ1n) is 11.7. The summed E-state index contributed by atoms with van der Waals surface area (Å²) in [6.07, 6.45) is 0.461. The number of carbonyl (C=O) groups excluding carboxylic acids is 1. The van der Waals surface area contributed by atoms with Crippen LogP contribution in [0.25, 0.3) is 16.9 Å². The van der Waals surface area contributed by atoms with Crippen LogP contribution in [0.3, 0.4) is 0 Å². The van der Waals surface area contributed by atoms with Crippen molar-refractivity contribution in [3.63, 3.8) is 0 Å². The number of nitrogens with one attached hydrogen (secondary N) is 1. The first-order chi connectivity index (χ1) is 17.5. The van der Waals surface area contributed by atoms with Crippen molar-refractivity contribution in [1.29, 1.82) is 0 Å². The Morgan fingerprint density at radius 2 is 1.69 bits per heavy atom. The van der Waals surface area contributed by atoms with Gasteiger partial charge in [0.1, 0.15) is 6.54 Å². The van der Waals surface area contributed by atoms with Crippen molar-refractivity contribution in [3.05, 3.63) is 86.0 Å². The molecular formula is C25H26ClN7O3. The summed E-state index contributed by atoms with van der Waals surface area (Å²) in [6, 6.07) is 16.7. The number of hydrogen-bond acceptors (Lipinski definition) is 6. The summed E-state index contributed by atoms with van der Waals surface area (Å²) in [7, 11) is 0. The van der Waals surface area contributed by atoms with Crippen molar-refractivity contribution in [2.24, 2.45) is 5.73 Å². The first-order valence-corrected chi connectivity index (χ1v) is 12.1. The quantitative estimate of drug-likeness (QED) is 0.387. The molecule has 1 aliphatic heterocycles. The maximum atomic E-state index is 13.9. The topological polar surface area (TPSA) is 120 Å². The second-order valence-corrected chi connectivity index (χ2v) is 9.04. The van der Waals surface area contributed by atoms with Gasteiger partial charge in [-0.2, -0.15) is 4.98 Å². The number of fused-ring (bicyclic) bond motifs is 1. The molecule has 3 N–H and O–H groups in total. The number of carbonyl (C=O) groups is 1. The molecule has 0 bridgehead atoms. The summed E-state index contributed by atoms with van der Waals surface area (Å²) in [5.41, 5.74) is 6.19. The molecule has 36 heavy (non-hydrogen) atoms. The molecule has 10 nitrogen and oxygen atoms in total. The number of amides is 1. The monoisotopic (exact) mass is 507 g/mol. The van der Waals surface area contributed by atoms with E-state index in [1.165, 1.54) is 4.57 Å². The van der Waals surface area contributed by atoms with Crippen LogP contribution < -0.4 is 27.2 Å². The Balaban J connectivity index is 1.79. The van der Waals surface area contributed by atoms with Crippen LogP contribution >= 0.6 is 11.6 Å².